The van der Waals surface area contributed by atoms with Crippen LogP contribution < -0.4 is 11.1 Å². The largest absolute Gasteiger partial charge is 0.381 e. The lowest BCUT2D eigenvalue weighted by molar-refractivity contribution is -0.126. The number of ether oxygens (including phenoxy) is 1. The van der Waals surface area contributed by atoms with Crippen molar-refractivity contribution < 1.29 is 9.53 Å². The highest BCUT2D eigenvalue weighted by atomic mass is 16.5. The van der Waals surface area contributed by atoms with Crippen LogP contribution in [0.5, 0.6) is 0 Å². The van der Waals surface area contributed by atoms with E-state index in [-0.39, 0.29) is 17.9 Å². The molecule has 2 aliphatic rings. The van der Waals surface area contributed by atoms with Crippen LogP contribution in [-0.4, -0.2) is 31.7 Å². The van der Waals surface area contributed by atoms with Crippen LogP contribution in [0, 0.1) is 11.8 Å². The van der Waals surface area contributed by atoms with Crippen molar-refractivity contribution in [3.8, 4) is 0 Å². The van der Waals surface area contributed by atoms with Gasteiger partial charge in [-0.2, -0.15) is 0 Å². The van der Waals surface area contributed by atoms with Crippen molar-refractivity contribution in [2.24, 2.45) is 17.6 Å². The normalized spacial score (nSPS) is 28.1. The number of hydrogen-bond donors (Lipinski definition) is 2. The molecule has 4 nitrogen and oxygen atoms in total. The van der Waals surface area contributed by atoms with Crippen LogP contribution in [0.4, 0.5) is 0 Å². The van der Waals surface area contributed by atoms with E-state index in [4.69, 9.17) is 10.5 Å². The van der Waals surface area contributed by atoms with Crippen molar-refractivity contribution in [2.45, 2.75) is 51.0 Å². The van der Waals surface area contributed by atoms with Crippen molar-refractivity contribution in [2.75, 3.05) is 19.8 Å². The van der Waals surface area contributed by atoms with Gasteiger partial charge in [0.25, 0.3) is 0 Å². The number of carbonyl (C=O) groups excluding carboxylic acids is 1. The Hall–Kier alpha value is -0.610. The summed E-state index contributed by atoms with van der Waals surface area (Å²) in [5.41, 5.74) is 5.99. The fourth-order valence-corrected chi connectivity index (χ4v) is 2.54. The molecule has 2 fully saturated rings. The first-order valence-corrected chi connectivity index (χ1v) is 7.38. The lowest BCUT2D eigenvalue weighted by atomic mass is 9.84. The molecule has 2 aliphatic carbocycles. The van der Waals surface area contributed by atoms with Crippen LogP contribution >= 0.6 is 0 Å². The van der Waals surface area contributed by atoms with Gasteiger partial charge in [0.15, 0.2) is 0 Å². The van der Waals surface area contributed by atoms with Crippen LogP contribution in [0.15, 0.2) is 0 Å². The molecule has 0 spiro atoms. The molecule has 0 aromatic rings. The molecule has 104 valence electrons. The second-order valence-corrected chi connectivity index (χ2v) is 5.72. The van der Waals surface area contributed by atoms with Crippen molar-refractivity contribution in [1.29, 1.82) is 0 Å². The highest BCUT2D eigenvalue weighted by molar-refractivity contribution is 5.79. The Kier molecular flexibility index (Phi) is 5.45. The molecule has 2 rings (SSSR count). The van der Waals surface area contributed by atoms with Crippen molar-refractivity contribution in [3.05, 3.63) is 0 Å². The molecule has 18 heavy (non-hydrogen) atoms. The standard InChI is InChI=1S/C14H26N2O2/c15-13-5-2-1-4-12(13)14(17)16-8-3-9-18-10-11-6-7-11/h11-13H,1-10,15H2,(H,16,17). The summed E-state index contributed by atoms with van der Waals surface area (Å²) < 4.78 is 5.53. The maximum atomic E-state index is 11.9. The monoisotopic (exact) mass is 254 g/mol. The van der Waals surface area contributed by atoms with Crippen molar-refractivity contribution in [1.82, 2.24) is 5.32 Å². The second kappa shape index (κ2) is 7.10. The van der Waals surface area contributed by atoms with Gasteiger partial charge >= 0.3 is 0 Å². The maximum absolute atomic E-state index is 11.9. The topological polar surface area (TPSA) is 64.4 Å². The third-order valence-corrected chi connectivity index (χ3v) is 3.97. The average molecular weight is 254 g/mol. The van der Waals surface area contributed by atoms with Crippen LogP contribution in [0.25, 0.3) is 0 Å². The Morgan fingerprint density at radius 2 is 2.00 bits per heavy atom. The first-order valence-electron chi connectivity index (χ1n) is 7.38. The zero-order valence-electron chi connectivity index (χ0n) is 11.2. The zero-order valence-corrected chi connectivity index (χ0v) is 11.2. The Labute approximate surface area is 110 Å². The molecule has 0 aromatic heterocycles. The summed E-state index contributed by atoms with van der Waals surface area (Å²) >= 11 is 0. The third kappa shape index (κ3) is 4.58. The van der Waals surface area contributed by atoms with Crippen LogP contribution in [0.3, 0.4) is 0 Å². The molecule has 2 atom stereocenters. The van der Waals surface area contributed by atoms with E-state index in [2.05, 4.69) is 5.32 Å². The number of nitrogens with two attached hydrogens (primary N) is 1. The van der Waals surface area contributed by atoms with Gasteiger partial charge in [-0.1, -0.05) is 12.8 Å². The van der Waals surface area contributed by atoms with Gasteiger partial charge in [0.1, 0.15) is 0 Å². The molecule has 0 heterocycles. The highest BCUT2D eigenvalue weighted by Gasteiger charge is 2.27. The predicted molar refractivity (Wildman–Crippen MR) is 71.1 cm³/mol. The Bertz CT molecular complexity index is 267. The predicted octanol–water partition coefficient (Wildman–Crippen LogP) is 1.44. The van der Waals surface area contributed by atoms with Crippen molar-refractivity contribution >= 4 is 5.91 Å². The van der Waals surface area contributed by atoms with E-state index >= 15 is 0 Å². The van der Waals surface area contributed by atoms with Crippen LogP contribution in [0.1, 0.15) is 44.9 Å². The molecule has 0 aliphatic heterocycles. The first-order chi connectivity index (χ1) is 8.77. The van der Waals surface area contributed by atoms with Gasteiger partial charge in [0.2, 0.25) is 5.91 Å². The molecule has 1 amide bonds. The maximum Gasteiger partial charge on any atom is 0.224 e. The lowest BCUT2D eigenvalue weighted by Crippen LogP contribution is -2.44. The van der Waals surface area contributed by atoms with E-state index in [1.807, 2.05) is 0 Å². The van der Waals surface area contributed by atoms with E-state index in [0.717, 1.165) is 44.8 Å². The smallest absolute Gasteiger partial charge is 0.224 e. The summed E-state index contributed by atoms with van der Waals surface area (Å²) in [7, 11) is 0. The molecule has 0 bridgehead atoms. The third-order valence-electron chi connectivity index (χ3n) is 3.97. The van der Waals surface area contributed by atoms with Gasteiger partial charge < -0.3 is 15.8 Å². The van der Waals surface area contributed by atoms with Crippen LogP contribution in [0.2, 0.25) is 0 Å². The van der Waals surface area contributed by atoms with Crippen molar-refractivity contribution in [3.63, 3.8) is 0 Å². The molecule has 0 radical (unpaired) electrons. The van der Waals surface area contributed by atoms with E-state index in [1.165, 1.54) is 19.3 Å². The number of rotatable bonds is 7. The first kappa shape index (κ1) is 13.8. The van der Waals surface area contributed by atoms with Gasteiger partial charge in [-0.15, -0.1) is 0 Å². The fraction of sp³-hybridized carbons (Fsp3) is 0.929. The van der Waals surface area contributed by atoms with Gasteiger partial charge in [0, 0.05) is 25.8 Å². The van der Waals surface area contributed by atoms with Gasteiger partial charge in [-0.05, 0) is 38.0 Å². The molecule has 2 saturated carbocycles. The summed E-state index contributed by atoms with van der Waals surface area (Å²) in [6.45, 7) is 2.38. The summed E-state index contributed by atoms with van der Waals surface area (Å²) in [6, 6.07) is 0.0601. The molecule has 2 unspecified atom stereocenters. The molecular weight excluding hydrogens is 228 g/mol. The Balaban J connectivity index is 1.50. The van der Waals surface area contributed by atoms with Gasteiger partial charge in [-0.25, -0.2) is 0 Å². The van der Waals surface area contributed by atoms with E-state index in [9.17, 15) is 4.79 Å². The minimum atomic E-state index is 0.0335. The lowest BCUT2D eigenvalue weighted by Gasteiger charge is -2.27. The Morgan fingerprint density at radius 3 is 2.72 bits per heavy atom. The number of hydrogen-bond acceptors (Lipinski definition) is 3. The molecular formula is C14H26N2O2. The minimum Gasteiger partial charge on any atom is -0.381 e. The fourth-order valence-electron chi connectivity index (χ4n) is 2.54. The zero-order chi connectivity index (χ0) is 12.8. The van der Waals surface area contributed by atoms with Gasteiger partial charge in [-0.3, -0.25) is 4.79 Å². The summed E-state index contributed by atoms with van der Waals surface area (Å²) in [5, 5.41) is 2.99. The minimum absolute atomic E-state index is 0.0335. The highest BCUT2D eigenvalue weighted by Crippen LogP contribution is 2.28. The number of amides is 1. The summed E-state index contributed by atoms with van der Waals surface area (Å²) in [4.78, 5) is 11.9. The van der Waals surface area contributed by atoms with E-state index < -0.39 is 0 Å². The van der Waals surface area contributed by atoms with Crippen LogP contribution in [-0.2, 0) is 9.53 Å². The Morgan fingerprint density at radius 1 is 1.22 bits per heavy atom. The summed E-state index contributed by atoms with van der Waals surface area (Å²) in [5.74, 6) is 0.996. The molecule has 0 saturated heterocycles. The SMILES string of the molecule is NC1CCCCC1C(=O)NCCCOCC1CC1. The summed E-state index contributed by atoms with van der Waals surface area (Å²) in [6.07, 6.45) is 7.80. The molecule has 3 N–H and O–H groups in total. The van der Waals surface area contributed by atoms with Gasteiger partial charge in [0.05, 0.1) is 5.92 Å². The molecule has 4 heteroatoms. The number of nitrogens with one attached hydrogen (secondary N) is 1. The second-order valence-electron chi connectivity index (χ2n) is 5.72. The van der Waals surface area contributed by atoms with E-state index in [0.29, 0.717) is 6.54 Å². The van der Waals surface area contributed by atoms with E-state index in [1.54, 1.807) is 0 Å². The average Bonchev–Trinajstić information content (AvgIpc) is 3.18. The number of carbonyl (C=O) groups is 1. The molecule has 0 aromatic carbocycles. The quantitative estimate of drug-likeness (QED) is 0.676.